The lowest BCUT2D eigenvalue weighted by Crippen LogP contribution is -2.30. The highest BCUT2D eigenvalue weighted by Gasteiger charge is 2.14. The van der Waals surface area contributed by atoms with E-state index in [0.29, 0.717) is 36.6 Å². The lowest BCUT2D eigenvalue weighted by atomic mass is 10.0. The van der Waals surface area contributed by atoms with Gasteiger partial charge in [0.15, 0.2) is 0 Å². The molecular formula is C16H20N2O4. The molecule has 1 amide bonds. The molecule has 0 aliphatic rings. The van der Waals surface area contributed by atoms with E-state index >= 15 is 0 Å². The van der Waals surface area contributed by atoms with Crippen LogP contribution in [0.4, 0.5) is 5.69 Å². The van der Waals surface area contributed by atoms with Gasteiger partial charge in [0.25, 0.3) is 0 Å². The number of rotatable bonds is 6. The number of carbonyl (C=O) groups excluding carboxylic acids is 1. The number of nitrogen functional groups attached to an aromatic ring is 1. The van der Waals surface area contributed by atoms with E-state index in [1.54, 1.807) is 25.1 Å². The van der Waals surface area contributed by atoms with Gasteiger partial charge in [-0.25, -0.2) is 4.79 Å². The zero-order chi connectivity index (χ0) is 16.1. The zero-order valence-corrected chi connectivity index (χ0v) is 12.8. The monoisotopic (exact) mass is 304 g/mol. The summed E-state index contributed by atoms with van der Waals surface area (Å²) < 4.78 is 10.4. The Labute approximate surface area is 128 Å². The number of fused-ring (bicyclic) bond motifs is 1. The van der Waals surface area contributed by atoms with Crippen LogP contribution in [0.5, 0.6) is 0 Å². The normalized spacial score (nSPS) is 10.8. The van der Waals surface area contributed by atoms with Crippen LogP contribution in [0.1, 0.15) is 18.1 Å². The molecular weight excluding hydrogens is 284 g/mol. The largest absolute Gasteiger partial charge is 0.422 e. The van der Waals surface area contributed by atoms with Gasteiger partial charge < -0.3 is 20.2 Å². The molecule has 0 atom stereocenters. The molecule has 0 fully saturated rings. The Morgan fingerprint density at radius 1 is 1.41 bits per heavy atom. The van der Waals surface area contributed by atoms with Gasteiger partial charge in [-0.15, -0.1) is 0 Å². The van der Waals surface area contributed by atoms with Gasteiger partial charge in [-0.3, -0.25) is 4.79 Å². The van der Waals surface area contributed by atoms with Crippen LogP contribution >= 0.6 is 0 Å². The SMILES string of the molecule is CCOCCNC(=O)Cc1c(C)c2ccc(N)cc2oc1=O. The Balaban J connectivity index is 2.19. The van der Waals surface area contributed by atoms with Crippen molar-refractivity contribution in [1.82, 2.24) is 5.32 Å². The van der Waals surface area contributed by atoms with E-state index in [1.165, 1.54) is 0 Å². The van der Waals surface area contributed by atoms with Crippen molar-refractivity contribution in [2.24, 2.45) is 0 Å². The van der Waals surface area contributed by atoms with Gasteiger partial charge in [0.1, 0.15) is 5.58 Å². The maximum Gasteiger partial charge on any atom is 0.340 e. The van der Waals surface area contributed by atoms with E-state index in [2.05, 4.69) is 5.32 Å². The molecule has 22 heavy (non-hydrogen) atoms. The van der Waals surface area contributed by atoms with Crippen molar-refractivity contribution in [1.29, 1.82) is 0 Å². The van der Waals surface area contributed by atoms with Crippen molar-refractivity contribution < 1.29 is 13.9 Å². The van der Waals surface area contributed by atoms with Crippen molar-refractivity contribution in [2.45, 2.75) is 20.3 Å². The Morgan fingerprint density at radius 2 is 2.18 bits per heavy atom. The summed E-state index contributed by atoms with van der Waals surface area (Å²) in [6, 6.07) is 5.14. The van der Waals surface area contributed by atoms with Crippen molar-refractivity contribution in [3.05, 3.63) is 39.7 Å². The summed E-state index contributed by atoms with van der Waals surface area (Å²) in [4.78, 5) is 24.0. The average Bonchev–Trinajstić information content (AvgIpc) is 2.47. The Hall–Kier alpha value is -2.34. The Kier molecular flexibility index (Phi) is 5.16. The number of carbonyl (C=O) groups is 1. The van der Waals surface area contributed by atoms with Crippen LogP contribution in [0, 0.1) is 6.92 Å². The van der Waals surface area contributed by atoms with Crippen molar-refractivity contribution in [3.63, 3.8) is 0 Å². The molecule has 6 nitrogen and oxygen atoms in total. The average molecular weight is 304 g/mol. The molecule has 0 unspecified atom stereocenters. The topological polar surface area (TPSA) is 94.6 Å². The number of aryl methyl sites for hydroxylation is 1. The van der Waals surface area contributed by atoms with Gasteiger partial charge in [0, 0.05) is 30.3 Å². The first-order valence-electron chi connectivity index (χ1n) is 7.19. The summed E-state index contributed by atoms with van der Waals surface area (Å²) in [5.74, 6) is -0.232. The smallest absolute Gasteiger partial charge is 0.340 e. The third-order valence-corrected chi connectivity index (χ3v) is 3.42. The van der Waals surface area contributed by atoms with Crippen LogP contribution in [0.15, 0.2) is 27.4 Å². The van der Waals surface area contributed by atoms with E-state index in [0.717, 1.165) is 10.9 Å². The van der Waals surface area contributed by atoms with E-state index in [-0.39, 0.29) is 12.3 Å². The zero-order valence-electron chi connectivity index (χ0n) is 12.8. The third-order valence-electron chi connectivity index (χ3n) is 3.42. The van der Waals surface area contributed by atoms with E-state index in [9.17, 15) is 9.59 Å². The minimum Gasteiger partial charge on any atom is -0.422 e. The molecule has 0 saturated heterocycles. The highest BCUT2D eigenvalue weighted by molar-refractivity contribution is 5.86. The molecule has 0 aliphatic heterocycles. The van der Waals surface area contributed by atoms with Crippen LogP contribution in [0.2, 0.25) is 0 Å². The second-order valence-electron chi connectivity index (χ2n) is 4.97. The number of nitrogens with one attached hydrogen (secondary N) is 1. The molecule has 2 aromatic rings. The third kappa shape index (κ3) is 3.65. The fourth-order valence-electron chi connectivity index (χ4n) is 2.25. The highest BCUT2D eigenvalue weighted by atomic mass is 16.5. The summed E-state index contributed by atoms with van der Waals surface area (Å²) in [7, 11) is 0. The standard InChI is InChI=1S/C16H20N2O4/c1-3-21-7-6-18-15(19)9-13-10(2)12-5-4-11(17)8-14(12)22-16(13)20/h4-5,8H,3,6-7,9,17H2,1-2H3,(H,18,19). The summed E-state index contributed by atoms with van der Waals surface area (Å²) in [6.45, 7) is 5.16. The number of benzene rings is 1. The Morgan fingerprint density at radius 3 is 2.91 bits per heavy atom. The number of amides is 1. The number of nitrogens with two attached hydrogens (primary N) is 1. The molecule has 1 heterocycles. The number of ether oxygens (including phenoxy) is 1. The number of hydrogen-bond donors (Lipinski definition) is 2. The number of hydrogen-bond acceptors (Lipinski definition) is 5. The van der Waals surface area contributed by atoms with E-state index < -0.39 is 5.63 Å². The molecule has 118 valence electrons. The summed E-state index contributed by atoms with van der Waals surface area (Å²) in [6.07, 6.45) is -0.0133. The summed E-state index contributed by atoms with van der Waals surface area (Å²) >= 11 is 0. The van der Waals surface area contributed by atoms with Gasteiger partial charge in [-0.05, 0) is 31.5 Å². The maximum absolute atomic E-state index is 12.1. The molecule has 6 heteroatoms. The molecule has 1 aromatic heterocycles. The van der Waals surface area contributed by atoms with Gasteiger partial charge in [0.05, 0.1) is 18.6 Å². The minimum atomic E-state index is -0.504. The van der Waals surface area contributed by atoms with Crippen LogP contribution in [0.3, 0.4) is 0 Å². The highest BCUT2D eigenvalue weighted by Crippen LogP contribution is 2.21. The molecule has 3 N–H and O–H groups in total. The first-order valence-corrected chi connectivity index (χ1v) is 7.19. The first-order chi connectivity index (χ1) is 10.5. The van der Waals surface area contributed by atoms with Gasteiger partial charge in [0.2, 0.25) is 5.91 Å². The molecule has 0 radical (unpaired) electrons. The van der Waals surface area contributed by atoms with Crippen molar-refractivity contribution >= 4 is 22.6 Å². The van der Waals surface area contributed by atoms with Gasteiger partial charge in [-0.1, -0.05) is 0 Å². The van der Waals surface area contributed by atoms with Gasteiger partial charge >= 0.3 is 5.63 Å². The number of anilines is 1. The molecule has 0 aliphatic carbocycles. The molecule has 0 spiro atoms. The van der Waals surface area contributed by atoms with Crippen molar-refractivity contribution in [2.75, 3.05) is 25.5 Å². The maximum atomic E-state index is 12.1. The molecule has 0 bridgehead atoms. The lowest BCUT2D eigenvalue weighted by molar-refractivity contribution is -0.120. The van der Waals surface area contributed by atoms with Crippen LogP contribution in [-0.4, -0.2) is 25.7 Å². The Bertz CT molecular complexity index is 737. The molecule has 0 saturated carbocycles. The summed E-state index contributed by atoms with van der Waals surface area (Å²) in [5.41, 5.74) is 7.25. The van der Waals surface area contributed by atoms with Crippen LogP contribution < -0.4 is 16.7 Å². The van der Waals surface area contributed by atoms with E-state index in [1.807, 2.05) is 6.92 Å². The fourth-order valence-corrected chi connectivity index (χ4v) is 2.25. The fraction of sp³-hybridized carbons (Fsp3) is 0.375. The van der Waals surface area contributed by atoms with Gasteiger partial charge in [-0.2, -0.15) is 0 Å². The van der Waals surface area contributed by atoms with Crippen LogP contribution in [-0.2, 0) is 16.0 Å². The second kappa shape index (κ2) is 7.09. The predicted molar refractivity (Wildman–Crippen MR) is 84.8 cm³/mol. The van der Waals surface area contributed by atoms with E-state index in [4.69, 9.17) is 14.9 Å². The minimum absolute atomic E-state index is 0.0133. The first kappa shape index (κ1) is 16.0. The summed E-state index contributed by atoms with van der Waals surface area (Å²) in [5, 5.41) is 3.50. The molecule has 1 aromatic carbocycles. The predicted octanol–water partition coefficient (Wildman–Crippen LogP) is 1.38. The molecule has 2 rings (SSSR count). The van der Waals surface area contributed by atoms with Crippen molar-refractivity contribution in [3.8, 4) is 0 Å². The van der Waals surface area contributed by atoms with Crippen LogP contribution in [0.25, 0.3) is 11.0 Å². The quantitative estimate of drug-likeness (QED) is 0.477. The lowest BCUT2D eigenvalue weighted by Gasteiger charge is -2.09. The second-order valence-corrected chi connectivity index (χ2v) is 4.97.